The van der Waals surface area contributed by atoms with Gasteiger partial charge in [-0.05, 0) is 53.6 Å². The highest BCUT2D eigenvalue weighted by atomic mass is 35.5. The molecule has 0 radical (unpaired) electrons. The van der Waals surface area contributed by atoms with Gasteiger partial charge >= 0.3 is 0 Å². The Morgan fingerprint density at radius 2 is 1.70 bits per heavy atom. The summed E-state index contributed by atoms with van der Waals surface area (Å²) < 4.78 is 16.3. The van der Waals surface area contributed by atoms with Gasteiger partial charge in [-0.2, -0.15) is 5.10 Å². The van der Waals surface area contributed by atoms with E-state index in [2.05, 4.69) is 10.5 Å². The maximum Gasteiger partial charge on any atom is 0.275 e. The largest absolute Gasteiger partial charge is 0.493 e. The molecule has 1 N–H and O–H groups in total. The smallest absolute Gasteiger partial charge is 0.275 e. The number of nitrogens with zero attached hydrogens (tertiary/aromatic N) is 1. The van der Waals surface area contributed by atoms with Crippen LogP contribution in [0.2, 0.25) is 5.02 Å². The van der Waals surface area contributed by atoms with Gasteiger partial charge in [0.1, 0.15) is 12.4 Å². The lowest BCUT2D eigenvalue weighted by atomic mass is 10.2. The van der Waals surface area contributed by atoms with Crippen LogP contribution < -0.4 is 19.6 Å². The number of ether oxygens (including phenoxy) is 3. The number of halogens is 1. The van der Waals surface area contributed by atoms with Crippen molar-refractivity contribution in [3.05, 3.63) is 88.4 Å². The van der Waals surface area contributed by atoms with Crippen LogP contribution in [0.25, 0.3) is 0 Å². The third-order valence-electron chi connectivity index (χ3n) is 4.23. The minimum absolute atomic E-state index is 0.316. The molecule has 0 heterocycles. The van der Waals surface area contributed by atoms with Gasteiger partial charge in [-0.1, -0.05) is 35.9 Å². The minimum Gasteiger partial charge on any atom is -0.493 e. The number of nitrogens with one attached hydrogen (secondary N) is 1. The highest BCUT2D eigenvalue weighted by molar-refractivity contribution is 6.30. The van der Waals surface area contributed by atoms with Gasteiger partial charge in [0.15, 0.2) is 11.5 Å². The van der Waals surface area contributed by atoms with Crippen LogP contribution in [0, 0.1) is 0 Å². The van der Waals surface area contributed by atoms with Crippen molar-refractivity contribution in [3.8, 4) is 17.2 Å². The van der Waals surface area contributed by atoms with E-state index in [1.54, 1.807) is 68.8 Å². The number of rotatable bonds is 8. The molecule has 30 heavy (non-hydrogen) atoms. The molecular weight excluding hydrogens is 404 g/mol. The Hall–Kier alpha value is -3.51. The molecular formula is C23H21ClN2O4. The first-order valence-electron chi connectivity index (χ1n) is 9.12. The first kappa shape index (κ1) is 21.2. The Morgan fingerprint density at radius 1 is 0.967 bits per heavy atom. The molecule has 1 amide bonds. The van der Waals surface area contributed by atoms with E-state index in [-0.39, 0.29) is 5.91 Å². The number of methoxy groups -OCH3 is 2. The van der Waals surface area contributed by atoms with Crippen molar-refractivity contribution in [3.63, 3.8) is 0 Å². The average Bonchev–Trinajstić information content (AvgIpc) is 2.78. The van der Waals surface area contributed by atoms with Crippen LogP contribution in [0.4, 0.5) is 0 Å². The molecule has 0 atom stereocenters. The van der Waals surface area contributed by atoms with Crippen molar-refractivity contribution in [1.29, 1.82) is 0 Å². The minimum atomic E-state index is -0.376. The number of amides is 1. The molecule has 0 bridgehead atoms. The standard InChI is InChI=1S/C23H21ClN2O4/c1-28-21-12-9-17(13-22(21)29-2)14-25-26-23(27)19-5-3-4-6-20(19)30-15-16-7-10-18(24)11-8-16/h3-14H,15H2,1-2H3,(H,26,27). The summed E-state index contributed by atoms with van der Waals surface area (Å²) in [5, 5.41) is 4.69. The van der Waals surface area contributed by atoms with Gasteiger partial charge in [0.25, 0.3) is 5.91 Å². The second kappa shape index (κ2) is 10.3. The number of hydrogen-bond donors (Lipinski definition) is 1. The normalized spacial score (nSPS) is 10.6. The van der Waals surface area contributed by atoms with Crippen molar-refractivity contribution < 1.29 is 19.0 Å². The molecule has 0 aromatic heterocycles. The molecule has 3 aromatic carbocycles. The summed E-state index contributed by atoms with van der Waals surface area (Å²) >= 11 is 5.90. The molecule has 0 unspecified atom stereocenters. The van der Waals surface area contributed by atoms with Crippen molar-refractivity contribution >= 4 is 23.7 Å². The highest BCUT2D eigenvalue weighted by Gasteiger charge is 2.11. The van der Waals surface area contributed by atoms with E-state index in [0.717, 1.165) is 11.1 Å². The van der Waals surface area contributed by atoms with E-state index in [1.165, 1.54) is 6.21 Å². The molecule has 0 saturated carbocycles. The summed E-state index contributed by atoms with van der Waals surface area (Å²) in [7, 11) is 3.12. The predicted molar refractivity (Wildman–Crippen MR) is 117 cm³/mol. The van der Waals surface area contributed by atoms with E-state index < -0.39 is 0 Å². The Balaban J connectivity index is 1.65. The number of benzene rings is 3. The van der Waals surface area contributed by atoms with Crippen LogP contribution in [-0.2, 0) is 6.61 Å². The average molecular weight is 425 g/mol. The Bertz CT molecular complexity index is 1040. The lowest BCUT2D eigenvalue weighted by Crippen LogP contribution is -2.18. The van der Waals surface area contributed by atoms with Gasteiger partial charge in [0.05, 0.1) is 26.0 Å². The molecule has 0 spiro atoms. The van der Waals surface area contributed by atoms with E-state index in [1.807, 2.05) is 12.1 Å². The van der Waals surface area contributed by atoms with Crippen molar-refractivity contribution in [2.24, 2.45) is 5.10 Å². The first-order chi connectivity index (χ1) is 14.6. The molecule has 0 aliphatic heterocycles. The fraction of sp³-hybridized carbons (Fsp3) is 0.130. The molecule has 3 aromatic rings. The van der Waals surface area contributed by atoms with Crippen LogP contribution >= 0.6 is 11.6 Å². The van der Waals surface area contributed by atoms with Gasteiger partial charge < -0.3 is 14.2 Å². The monoisotopic (exact) mass is 424 g/mol. The van der Waals surface area contributed by atoms with Crippen LogP contribution in [0.3, 0.4) is 0 Å². The summed E-state index contributed by atoms with van der Waals surface area (Å²) in [5.41, 5.74) is 4.60. The summed E-state index contributed by atoms with van der Waals surface area (Å²) in [4.78, 5) is 12.6. The maximum absolute atomic E-state index is 12.6. The zero-order valence-corrected chi connectivity index (χ0v) is 17.3. The Kier molecular flexibility index (Phi) is 7.29. The van der Waals surface area contributed by atoms with Crippen molar-refractivity contribution in [1.82, 2.24) is 5.43 Å². The number of hydrogen-bond acceptors (Lipinski definition) is 5. The SMILES string of the molecule is COc1ccc(C=NNC(=O)c2ccccc2OCc2ccc(Cl)cc2)cc1OC. The molecule has 0 saturated heterocycles. The number of para-hydroxylation sites is 1. The molecule has 3 rings (SSSR count). The summed E-state index contributed by atoms with van der Waals surface area (Å²) in [5.74, 6) is 1.28. The predicted octanol–water partition coefficient (Wildman–Crippen LogP) is 4.70. The highest BCUT2D eigenvalue weighted by Crippen LogP contribution is 2.27. The number of carbonyl (C=O) groups is 1. The molecule has 0 aliphatic rings. The Morgan fingerprint density at radius 3 is 2.43 bits per heavy atom. The van der Waals surface area contributed by atoms with Crippen LogP contribution in [0.15, 0.2) is 71.8 Å². The van der Waals surface area contributed by atoms with Gasteiger partial charge in [0.2, 0.25) is 0 Å². The fourth-order valence-electron chi connectivity index (χ4n) is 2.68. The zero-order valence-electron chi connectivity index (χ0n) is 16.6. The number of carbonyl (C=O) groups excluding carboxylic acids is 1. The van der Waals surface area contributed by atoms with E-state index in [0.29, 0.717) is 34.4 Å². The van der Waals surface area contributed by atoms with Gasteiger partial charge in [0, 0.05) is 5.02 Å². The zero-order chi connectivity index (χ0) is 21.3. The second-order valence-electron chi connectivity index (χ2n) is 6.22. The summed E-state index contributed by atoms with van der Waals surface area (Å²) in [6.07, 6.45) is 1.52. The molecule has 0 fully saturated rings. The van der Waals surface area contributed by atoms with Crippen LogP contribution in [-0.4, -0.2) is 26.3 Å². The lowest BCUT2D eigenvalue weighted by molar-refractivity contribution is 0.0950. The third kappa shape index (κ3) is 5.52. The second-order valence-corrected chi connectivity index (χ2v) is 6.66. The molecule has 154 valence electrons. The van der Waals surface area contributed by atoms with E-state index in [4.69, 9.17) is 25.8 Å². The summed E-state index contributed by atoms with van der Waals surface area (Å²) in [6, 6.07) is 19.7. The molecule has 0 aliphatic carbocycles. The first-order valence-corrected chi connectivity index (χ1v) is 9.50. The fourth-order valence-corrected chi connectivity index (χ4v) is 2.81. The van der Waals surface area contributed by atoms with Crippen molar-refractivity contribution in [2.45, 2.75) is 6.61 Å². The van der Waals surface area contributed by atoms with Gasteiger partial charge in [-0.3, -0.25) is 4.79 Å². The van der Waals surface area contributed by atoms with E-state index in [9.17, 15) is 4.79 Å². The van der Waals surface area contributed by atoms with Crippen LogP contribution in [0.1, 0.15) is 21.5 Å². The number of hydrazone groups is 1. The third-order valence-corrected chi connectivity index (χ3v) is 4.48. The Labute approximate surface area is 180 Å². The maximum atomic E-state index is 12.6. The van der Waals surface area contributed by atoms with Crippen molar-refractivity contribution in [2.75, 3.05) is 14.2 Å². The molecule has 6 nitrogen and oxygen atoms in total. The van der Waals surface area contributed by atoms with Gasteiger partial charge in [-0.25, -0.2) is 5.43 Å². The quantitative estimate of drug-likeness (QED) is 0.420. The van der Waals surface area contributed by atoms with E-state index >= 15 is 0 Å². The topological polar surface area (TPSA) is 69.2 Å². The molecule has 7 heteroatoms. The van der Waals surface area contributed by atoms with Crippen LogP contribution in [0.5, 0.6) is 17.2 Å². The summed E-state index contributed by atoms with van der Waals surface area (Å²) in [6.45, 7) is 0.316. The van der Waals surface area contributed by atoms with Gasteiger partial charge in [-0.15, -0.1) is 0 Å². The lowest BCUT2D eigenvalue weighted by Gasteiger charge is -2.10.